The van der Waals surface area contributed by atoms with Crippen LogP contribution in [0.25, 0.3) is 5.69 Å². The summed E-state index contributed by atoms with van der Waals surface area (Å²) in [6.45, 7) is 1.63. The molecule has 0 N–H and O–H groups in total. The number of fused-ring (bicyclic) bond motifs is 3. The van der Waals surface area contributed by atoms with E-state index in [1.807, 2.05) is 41.8 Å². The van der Waals surface area contributed by atoms with Gasteiger partial charge in [-0.3, -0.25) is 13.7 Å². The molecule has 10 heteroatoms. The fourth-order valence-electron chi connectivity index (χ4n) is 3.34. The lowest BCUT2D eigenvalue weighted by Gasteiger charge is -2.14. The Labute approximate surface area is 179 Å². The number of rotatable bonds is 5. The Morgan fingerprint density at radius 1 is 1.13 bits per heavy atom. The van der Waals surface area contributed by atoms with Gasteiger partial charge in [0, 0.05) is 16.1 Å². The number of halogens is 1. The SMILES string of the molecule is COc1ccc2c(c1)C(c1ccc(Cl)cc1)=N[C@@H](COS(C)(=O)=O)c1nnc(C)n1-2. The zero-order chi connectivity index (χ0) is 21.5. The molecule has 2 heterocycles. The van der Waals surface area contributed by atoms with Gasteiger partial charge >= 0.3 is 0 Å². The van der Waals surface area contributed by atoms with Gasteiger partial charge in [0.05, 0.1) is 31.4 Å². The van der Waals surface area contributed by atoms with Crippen molar-refractivity contribution in [3.8, 4) is 11.4 Å². The first-order valence-electron chi connectivity index (χ1n) is 9.05. The molecular weight excluding hydrogens is 428 g/mol. The van der Waals surface area contributed by atoms with Crippen molar-refractivity contribution in [3.63, 3.8) is 0 Å². The second-order valence-electron chi connectivity index (χ2n) is 6.81. The Hall–Kier alpha value is -2.75. The van der Waals surface area contributed by atoms with Gasteiger partial charge in [-0.2, -0.15) is 8.42 Å². The summed E-state index contributed by atoms with van der Waals surface area (Å²) in [5.74, 6) is 1.80. The molecule has 1 aromatic heterocycles. The second kappa shape index (κ2) is 7.82. The summed E-state index contributed by atoms with van der Waals surface area (Å²) in [7, 11) is -2.07. The van der Waals surface area contributed by atoms with E-state index in [1.54, 1.807) is 19.2 Å². The van der Waals surface area contributed by atoms with E-state index in [1.165, 1.54) is 0 Å². The molecule has 0 spiro atoms. The van der Waals surface area contributed by atoms with Crippen LogP contribution in [0.2, 0.25) is 5.02 Å². The van der Waals surface area contributed by atoms with E-state index in [0.29, 0.717) is 28.1 Å². The van der Waals surface area contributed by atoms with Gasteiger partial charge in [-0.15, -0.1) is 10.2 Å². The highest BCUT2D eigenvalue weighted by molar-refractivity contribution is 7.85. The third-order valence-corrected chi connectivity index (χ3v) is 5.51. The molecule has 1 aliphatic heterocycles. The number of nitrogens with zero attached hydrogens (tertiary/aromatic N) is 4. The first kappa shape index (κ1) is 20.5. The predicted octanol–water partition coefficient (Wildman–Crippen LogP) is 3.11. The standard InChI is InChI=1S/C20H19ClN4O4S/c1-12-23-24-20-17(11-29-30(3,26)27)22-19(13-4-6-14(21)7-5-13)16-10-15(28-2)8-9-18(16)25(12)20/h4-10,17H,11H2,1-3H3/t17-/m0/s1. The van der Waals surface area contributed by atoms with Crippen LogP contribution < -0.4 is 4.74 Å². The van der Waals surface area contributed by atoms with Crippen LogP contribution in [0.4, 0.5) is 0 Å². The fourth-order valence-corrected chi connectivity index (χ4v) is 3.84. The van der Waals surface area contributed by atoms with Crippen molar-refractivity contribution in [1.29, 1.82) is 0 Å². The number of benzene rings is 2. The Kier molecular flexibility index (Phi) is 5.35. The molecule has 0 saturated carbocycles. The maximum absolute atomic E-state index is 11.6. The maximum Gasteiger partial charge on any atom is 0.264 e. The van der Waals surface area contributed by atoms with Crippen molar-refractivity contribution in [2.75, 3.05) is 20.0 Å². The highest BCUT2D eigenvalue weighted by Crippen LogP contribution is 2.33. The third-order valence-electron chi connectivity index (χ3n) is 4.69. The molecule has 0 unspecified atom stereocenters. The maximum atomic E-state index is 11.6. The van der Waals surface area contributed by atoms with Crippen molar-refractivity contribution in [1.82, 2.24) is 14.8 Å². The predicted molar refractivity (Wildman–Crippen MR) is 113 cm³/mol. The summed E-state index contributed by atoms with van der Waals surface area (Å²) in [5, 5.41) is 9.04. The number of aryl methyl sites for hydroxylation is 1. The van der Waals surface area contributed by atoms with E-state index < -0.39 is 16.2 Å². The van der Waals surface area contributed by atoms with Crippen LogP contribution in [0.1, 0.15) is 28.8 Å². The van der Waals surface area contributed by atoms with Crippen LogP contribution in [0.3, 0.4) is 0 Å². The Bertz CT molecular complexity index is 1240. The highest BCUT2D eigenvalue weighted by atomic mass is 35.5. The van der Waals surface area contributed by atoms with Crippen LogP contribution in [0.15, 0.2) is 47.5 Å². The van der Waals surface area contributed by atoms with Gasteiger partial charge in [-0.05, 0) is 37.3 Å². The van der Waals surface area contributed by atoms with Gasteiger partial charge in [0.15, 0.2) is 5.82 Å². The van der Waals surface area contributed by atoms with Crippen LogP contribution in [0.5, 0.6) is 5.75 Å². The lowest BCUT2D eigenvalue weighted by Crippen LogP contribution is -2.15. The van der Waals surface area contributed by atoms with E-state index in [-0.39, 0.29) is 6.61 Å². The quantitative estimate of drug-likeness (QED) is 0.559. The number of aliphatic imine (C=N–C) groups is 1. The summed E-state index contributed by atoms with van der Waals surface area (Å²) in [4.78, 5) is 4.86. The summed E-state index contributed by atoms with van der Waals surface area (Å²) in [5.41, 5.74) is 3.06. The van der Waals surface area contributed by atoms with Gasteiger partial charge in [0.2, 0.25) is 0 Å². The topological polar surface area (TPSA) is 95.7 Å². The molecule has 0 amide bonds. The third kappa shape index (κ3) is 3.96. The molecule has 0 aliphatic carbocycles. The van der Waals surface area contributed by atoms with Gasteiger partial charge < -0.3 is 4.74 Å². The smallest absolute Gasteiger partial charge is 0.264 e. The monoisotopic (exact) mass is 446 g/mol. The molecule has 1 atom stereocenters. The number of hydrogen-bond acceptors (Lipinski definition) is 7. The van der Waals surface area contributed by atoms with Gasteiger partial charge in [0.1, 0.15) is 17.6 Å². The molecule has 0 saturated heterocycles. The van der Waals surface area contributed by atoms with Crippen LogP contribution in [-0.4, -0.2) is 48.9 Å². The molecule has 3 aromatic rings. The van der Waals surface area contributed by atoms with Crippen LogP contribution in [0, 0.1) is 6.92 Å². The molecule has 0 radical (unpaired) electrons. The zero-order valence-corrected chi connectivity index (χ0v) is 18.1. The summed E-state index contributed by atoms with van der Waals surface area (Å²) >= 11 is 6.07. The second-order valence-corrected chi connectivity index (χ2v) is 8.89. The Morgan fingerprint density at radius 3 is 2.53 bits per heavy atom. The molecule has 30 heavy (non-hydrogen) atoms. The minimum atomic E-state index is -3.66. The lowest BCUT2D eigenvalue weighted by molar-refractivity contribution is 0.292. The number of hydrogen-bond donors (Lipinski definition) is 0. The first-order chi connectivity index (χ1) is 14.3. The summed E-state index contributed by atoms with van der Waals surface area (Å²) in [6, 6.07) is 12.2. The van der Waals surface area contributed by atoms with E-state index in [2.05, 4.69) is 10.2 Å². The number of methoxy groups -OCH3 is 1. The Morgan fingerprint density at radius 2 is 1.87 bits per heavy atom. The van der Waals surface area contributed by atoms with E-state index in [4.69, 9.17) is 25.5 Å². The first-order valence-corrected chi connectivity index (χ1v) is 11.2. The van der Waals surface area contributed by atoms with Gasteiger partial charge in [-0.25, -0.2) is 0 Å². The average Bonchev–Trinajstić information content (AvgIpc) is 3.02. The number of aromatic nitrogens is 3. The Balaban J connectivity index is 1.97. The normalized spacial score (nSPS) is 15.7. The zero-order valence-electron chi connectivity index (χ0n) is 16.5. The van der Waals surface area contributed by atoms with Crippen molar-refractivity contribution >= 4 is 27.4 Å². The van der Waals surface area contributed by atoms with Gasteiger partial charge in [0.25, 0.3) is 10.1 Å². The molecular formula is C20H19ClN4O4S. The minimum Gasteiger partial charge on any atom is -0.497 e. The summed E-state index contributed by atoms with van der Waals surface area (Å²) < 4.78 is 35.6. The summed E-state index contributed by atoms with van der Waals surface area (Å²) in [6.07, 6.45) is 1.00. The van der Waals surface area contributed by atoms with Crippen LogP contribution >= 0.6 is 11.6 Å². The fraction of sp³-hybridized carbons (Fsp3) is 0.250. The van der Waals surface area contributed by atoms with Crippen molar-refractivity contribution in [3.05, 3.63) is 70.3 Å². The number of ether oxygens (including phenoxy) is 1. The van der Waals surface area contributed by atoms with Crippen molar-refractivity contribution in [2.24, 2.45) is 4.99 Å². The molecule has 0 bridgehead atoms. The molecule has 0 fully saturated rings. The molecule has 2 aromatic carbocycles. The van der Waals surface area contributed by atoms with Crippen molar-refractivity contribution in [2.45, 2.75) is 13.0 Å². The molecule has 8 nitrogen and oxygen atoms in total. The van der Waals surface area contributed by atoms with Crippen LogP contribution in [-0.2, 0) is 14.3 Å². The molecule has 1 aliphatic rings. The molecule has 156 valence electrons. The molecule has 4 rings (SSSR count). The van der Waals surface area contributed by atoms with E-state index in [9.17, 15) is 8.42 Å². The lowest BCUT2D eigenvalue weighted by atomic mass is 10.00. The largest absolute Gasteiger partial charge is 0.497 e. The van der Waals surface area contributed by atoms with Gasteiger partial charge in [-0.1, -0.05) is 23.7 Å². The minimum absolute atomic E-state index is 0.195. The van der Waals surface area contributed by atoms with Crippen molar-refractivity contribution < 1.29 is 17.3 Å². The average molecular weight is 447 g/mol. The van der Waals surface area contributed by atoms with E-state index >= 15 is 0 Å². The van der Waals surface area contributed by atoms with E-state index in [0.717, 1.165) is 23.1 Å². The highest BCUT2D eigenvalue weighted by Gasteiger charge is 2.29.